The topological polar surface area (TPSA) is 101 Å². The SMILES string of the molecule is N#Cc1ccc(-c2nc(-c3ccc(-c4cccc(-c5nc(-c6ccccc6)nc(-c6ccccc6)n5)c4)cc3)nc(-c3ccc4ccccc4c3)n2)cc1. The Morgan fingerprint density at radius 2 is 0.648 bits per heavy atom. The third kappa shape index (κ3) is 6.59. The summed E-state index contributed by atoms with van der Waals surface area (Å²) in [5.41, 5.74) is 7.91. The molecule has 0 unspecified atom stereocenters. The Balaban J connectivity index is 1.09. The minimum atomic E-state index is 0.534. The first-order valence-corrected chi connectivity index (χ1v) is 17.5. The molecule has 252 valence electrons. The van der Waals surface area contributed by atoms with Gasteiger partial charge in [-0.15, -0.1) is 0 Å². The summed E-state index contributed by atoms with van der Waals surface area (Å²) in [6, 6.07) is 60.4. The number of hydrogen-bond acceptors (Lipinski definition) is 7. The molecule has 0 amide bonds. The standard InChI is InChI=1S/C47H29N7/c48-30-31-18-20-36(21-19-31)44-50-45(54-47(53-44)41-27-24-32-10-7-8-15-38(32)29-41)37-25-22-33(23-26-37)39-16-9-17-40(28-39)46-51-42(34-11-3-1-4-12-34)49-43(52-46)35-13-5-2-6-14-35/h1-29H. The predicted octanol–water partition coefficient (Wildman–Crippen LogP) is 10.8. The highest BCUT2D eigenvalue weighted by molar-refractivity contribution is 5.86. The van der Waals surface area contributed by atoms with E-state index < -0.39 is 0 Å². The van der Waals surface area contributed by atoms with Crippen LogP contribution in [0.25, 0.3) is 90.2 Å². The highest BCUT2D eigenvalue weighted by Crippen LogP contribution is 2.31. The van der Waals surface area contributed by atoms with E-state index in [-0.39, 0.29) is 0 Å². The fourth-order valence-electron chi connectivity index (χ4n) is 6.37. The molecule has 7 aromatic carbocycles. The molecule has 0 atom stereocenters. The second-order valence-corrected chi connectivity index (χ2v) is 12.8. The van der Waals surface area contributed by atoms with E-state index in [0.29, 0.717) is 40.5 Å². The van der Waals surface area contributed by atoms with E-state index in [1.807, 2.05) is 115 Å². The molecule has 0 aliphatic rings. The maximum Gasteiger partial charge on any atom is 0.164 e. The smallest absolute Gasteiger partial charge is 0.164 e. The fourth-order valence-corrected chi connectivity index (χ4v) is 6.37. The van der Waals surface area contributed by atoms with Crippen LogP contribution in [-0.4, -0.2) is 29.9 Å². The zero-order valence-electron chi connectivity index (χ0n) is 28.9. The highest BCUT2D eigenvalue weighted by Gasteiger charge is 2.15. The molecule has 0 radical (unpaired) electrons. The lowest BCUT2D eigenvalue weighted by Crippen LogP contribution is -2.00. The van der Waals surface area contributed by atoms with Gasteiger partial charge < -0.3 is 0 Å². The summed E-state index contributed by atoms with van der Waals surface area (Å²) in [6.07, 6.45) is 0. The maximum atomic E-state index is 9.36. The van der Waals surface area contributed by atoms with Gasteiger partial charge in [0.05, 0.1) is 11.6 Å². The fraction of sp³-hybridized carbons (Fsp3) is 0. The third-order valence-corrected chi connectivity index (χ3v) is 9.21. The largest absolute Gasteiger partial charge is 0.208 e. The van der Waals surface area contributed by atoms with Crippen LogP contribution in [-0.2, 0) is 0 Å². The zero-order chi connectivity index (χ0) is 36.3. The number of hydrogen-bond donors (Lipinski definition) is 0. The molecular formula is C47H29N7. The number of nitrogens with zero attached hydrogens (tertiary/aromatic N) is 7. The number of rotatable bonds is 7. The van der Waals surface area contributed by atoms with E-state index in [9.17, 15) is 5.26 Å². The maximum absolute atomic E-state index is 9.36. The lowest BCUT2D eigenvalue weighted by molar-refractivity contribution is 1.07. The minimum Gasteiger partial charge on any atom is -0.208 e. The number of benzene rings is 7. The van der Waals surface area contributed by atoms with E-state index in [4.69, 9.17) is 29.9 Å². The van der Waals surface area contributed by atoms with Crippen molar-refractivity contribution < 1.29 is 0 Å². The van der Waals surface area contributed by atoms with E-state index in [2.05, 4.69) is 54.6 Å². The monoisotopic (exact) mass is 691 g/mol. The Morgan fingerprint density at radius 1 is 0.278 bits per heavy atom. The van der Waals surface area contributed by atoms with Crippen LogP contribution < -0.4 is 0 Å². The van der Waals surface area contributed by atoms with Crippen molar-refractivity contribution in [3.05, 3.63) is 181 Å². The molecule has 0 N–H and O–H groups in total. The van der Waals surface area contributed by atoms with Crippen LogP contribution in [0.2, 0.25) is 0 Å². The van der Waals surface area contributed by atoms with Gasteiger partial charge in [-0.05, 0) is 58.3 Å². The van der Waals surface area contributed by atoms with Crippen molar-refractivity contribution in [3.8, 4) is 85.5 Å². The highest BCUT2D eigenvalue weighted by atomic mass is 15.0. The summed E-state index contributed by atoms with van der Waals surface area (Å²) >= 11 is 0. The van der Waals surface area contributed by atoms with Crippen molar-refractivity contribution in [2.45, 2.75) is 0 Å². The number of nitriles is 1. The summed E-state index contributed by atoms with van der Waals surface area (Å²) in [7, 11) is 0. The molecule has 0 aliphatic heterocycles. The number of aromatic nitrogens is 6. The third-order valence-electron chi connectivity index (χ3n) is 9.21. The van der Waals surface area contributed by atoms with Crippen molar-refractivity contribution >= 4 is 10.8 Å². The van der Waals surface area contributed by atoms with Crippen LogP contribution in [0.3, 0.4) is 0 Å². The quantitative estimate of drug-likeness (QED) is 0.164. The molecule has 0 spiro atoms. The molecule has 0 fully saturated rings. The summed E-state index contributed by atoms with van der Waals surface area (Å²) in [5, 5.41) is 11.6. The van der Waals surface area contributed by atoms with Crippen molar-refractivity contribution in [1.29, 1.82) is 5.26 Å². The molecule has 0 aliphatic carbocycles. The van der Waals surface area contributed by atoms with Gasteiger partial charge in [-0.3, -0.25) is 0 Å². The second-order valence-electron chi connectivity index (χ2n) is 12.8. The van der Waals surface area contributed by atoms with E-state index in [1.165, 1.54) is 0 Å². The first kappa shape index (κ1) is 32.2. The molecule has 7 nitrogen and oxygen atoms in total. The molecule has 9 aromatic rings. The Bertz CT molecular complexity index is 2750. The van der Waals surface area contributed by atoms with Gasteiger partial charge in [0.25, 0.3) is 0 Å². The molecular weight excluding hydrogens is 663 g/mol. The summed E-state index contributed by atoms with van der Waals surface area (Å²) in [5.74, 6) is 3.50. The lowest BCUT2D eigenvalue weighted by Gasteiger charge is -2.11. The molecule has 7 heteroatoms. The lowest BCUT2D eigenvalue weighted by atomic mass is 10.0. The van der Waals surface area contributed by atoms with Crippen molar-refractivity contribution in [3.63, 3.8) is 0 Å². The normalized spacial score (nSPS) is 10.9. The van der Waals surface area contributed by atoms with Gasteiger partial charge in [0.2, 0.25) is 0 Å². The molecule has 0 saturated carbocycles. The molecule has 2 aromatic heterocycles. The summed E-state index contributed by atoms with van der Waals surface area (Å²) in [4.78, 5) is 29.5. The molecule has 0 saturated heterocycles. The first-order valence-electron chi connectivity index (χ1n) is 17.5. The second kappa shape index (κ2) is 14.1. The van der Waals surface area contributed by atoms with Crippen molar-refractivity contribution in [2.75, 3.05) is 0 Å². The summed E-state index contributed by atoms with van der Waals surface area (Å²) < 4.78 is 0. The Labute approximate surface area is 312 Å². The van der Waals surface area contributed by atoms with E-state index in [0.717, 1.165) is 55.3 Å². The van der Waals surface area contributed by atoms with Crippen LogP contribution in [0.5, 0.6) is 0 Å². The van der Waals surface area contributed by atoms with Crippen LogP contribution >= 0.6 is 0 Å². The van der Waals surface area contributed by atoms with Gasteiger partial charge in [-0.25, -0.2) is 29.9 Å². The summed E-state index contributed by atoms with van der Waals surface area (Å²) in [6.45, 7) is 0. The molecule has 2 heterocycles. The van der Waals surface area contributed by atoms with Crippen LogP contribution in [0.4, 0.5) is 0 Å². The van der Waals surface area contributed by atoms with Gasteiger partial charge in [-0.2, -0.15) is 5.26 Å². The Morgan fingerprint density at radius 3 is 1.19 bits per heavy atom. The van der Waals surface area contributed by atoms with Gasteiger partial charge in [0.1, 0.15) is 0 Å². The van der Waals surface area contributed by atoms with Gasteiger partial charge >= 0.3 is 0 Å². The Hall–Kier alpha value is -7.69. The average molecular weight is 692 g/mol. The predicted molar refractivity (Wildman–Crippen MR) is 213 cm³/mol. The van der Waals surface area contributed by atoms with E-state index >= 15 is 0 Å². The first-order chi connectivity index (χ1) is 26.7. The van der Waals surface area contributed by atoms with Crippen molar-refractivity contribution in [1.82, 2.24) is 29.9 Å². The van der Waals surface area contributed by atoms with Crippen molar-refractivity contribution in [2.24, 2.45) is 0 Å². The van der Waals surface area contributed by atoms with Gasteiger partial charge in [0, 0.05) is 33.4 Å². The van der Waals surface area contributed by atoms with Crippen LogP contribution in [0, 0.1) is 11.3 Å². The van der Waals surface area contributed by atoms with Crippen LogP contribution in [0.15, 0.2) is 176 Å². The van der Waals surface area contributed by atoms with Crippen LogP contribution in [0.1, 0.15) is 5.56 Å². The van der Waals surface area contributed by atoms with E-state index in [1.54, 1.807) is 12.1 Å². The molecule has 9 rings (SSSR count). The zero-order valence-corrected chi connectivity index (χ0v) is 28.9. The van der Waals surface area contributed by atoms with Gasteiger partial charge in [0.15, 0.2) is 34.9 Å². The number of fused-ring (bicyclic) bond motifs is 1. The molecule has 0 bridgehead atoms. The minimum absolute atomic E-state index is 0.534. The van der Waals surface area contributed by atoms with Gasteiger partial charge in [-0.1, -0.05) is 140 Å². The molecule has 54 heavy (non-hydrogen) atoms. The average Bonchev–Trinajstić information content (AvgIpc) is 3.26. The Kier molecular flexibility index (Phi) is 8.44.